The van der Waals surface area contributed by atoms with Gasteiger partial charge in [-0.05, 0) is 42.2 Å². The van der Waals surface area contributed by atoms with E-state index in [1.165, 1.54) is 16.7 Å². The molecular weight excluding hydrogens is 484 g/mol. The highest BCUT2D eigenvalue weighted by molar-refractivity contribution is 7.85. The van der Waals surface area contributed by atoms with Crippen LogP contribution in [0.3, 0.4) is 0 Å². The molecule has 0 amide bonds. The number of aryl methyl sites for hydroxylation is 2. The van der Waals surface area contributed by atoms with Crippen LogP contribution in [0.15, 0.2) is 78.9 Å². The molecule has 194 valence electrons. The molecule has 0 atom stereocenters. The Labute approximate surface area is 219 Å². The fourth-order valence-corrected chi connectivity index (χ4v) is 5.88. The van der Waals surface area contributed by atoms with Crippen LogP contribution in [-0.4, -0.2) is 64.3 Å². The number of hydrogen-bond donors (Lipinski definition) is 0. The molecule has 37 heavy (non-hydrogen) atoms. The molecule has 0 bridgehead atoms. The van der Waals surface area contributed by atoms with Crippen molar-refractivity contribution in [1.29, 1.82) is 0 Å². The van der Waals surface area contributed by atoms with Crippen LogP contribution in [0.25, 0.3) is 11.0 Å². The molecule has 1 aromatic heterocycles. The lowest BCUT2D eigenvalue weighted by atomic mass is 9.96. The van der Waals surface area contributed by atoms with E-state index >= 15 is 0 Å². The monoisotopic (exact) mass is 517 g/mol. The quantitative estimate of drug-likeness (QED) is 0.310. The average Bonchev–Trinajstić information content (AvgIpc) is 3.20. The minimum Gasteiger partial charge on any atom is -0.748 e. The minimum atomic E-state index is -4.20. The van der Waals surface area contributed by atoms with Crippen molar-refractivity contribution in [3.05, 3.63) is 101 Å². The van der Waals surface area contributed by atoms with Crippen molar-refractivity contribution in [2.24, 2.45) is 0 Å². The van der Waals surface area contributed by atoms with Crippen LogP contribution in [0, 0.1) is 6.92 Å². The third-order valence-corrected chi connectivity index (χ3v) is 7.98. The molecule has 4 aromatic rings. The Kier molecular flexibility index (Phi) is 7.71. The van der Waals surface area contributed by atoms with Gasteiger partial charge >= 0.3 is 0 Å². The van der Waals surface area contributed by atoms with Gasteiger partial charge in [0.05, 0.1) is 27.2 Å². The third-order valence-electron chi connectivity index (χ3n) is 7.19. The minimum absolute atomic E-state index is 0.254. The van der Waals surface area contributed by atoms with E-state index in [0.717, 1.165) is 49.6 Å². The summed E-state index contributed by atoms with van der Waals surface area (Å²) in [5.74, 6) is 0.475. The molecule has 0 saturated carbocycles. The Morgan fingerprint density at radius 1 is 0.892 bits per heavy atom. The first-order valence-electron chi connectivity index (χ1n) is 12.8. The summed E-state index contributed by atoms with van der Waals surface area (Å²) in [6, 6.07) is 28.1. The van der Waals surface area contributed by atoms with E-state index in [1.54, 1.807) is 0 Å². The molecule has 1 saturated heterocycles. The molecule has 0 radical (unpaired) electrons. The number of imidazole rings is 1. The summed E-state index contributed by atoms with van der Waals surface area (Å²) in [6.07, 6.45) is 0.289. The summed E-state index contributed by atoms with van der Waals surface area (Å²) >= 11 is 0. The predicted molar refractivity (Wildman–Crippen MR) is 145 cm³/mol. The molecule has 5 rings (SSSR count). The second kappa shape index (κ2) is 11.1. The zero-order chi connectivity index (χ0) is 25.8. The summed E-state index contributed by atoms with van der Waals surface area (Å²) in [7, 11) is -4.20. The van der Waals surface area contributed by atoms with E-state index in [9.17, 15) is 13.0 Å². The van der Waals surface area contributed by atoms with E-state index in [1.807, 2.05) is 11.5 Å². The molecule has 2 heterocycles. The number of hydrogen-bond acceptors (Lipinski definition) is 6. The summed E-state index contributed by atoms with van der Waals surface area (Å²) in [5.41, 5.74) is 5.75. The van der Waals surface area contributed by atoms with Crippen LogP contribution in [0.2, 0.25) is 0 Å². The summed E-state index contributed by atoms with van der Waals surface area (Å²) in [5, 5.41) is 0. The largest absolute Gasteiger partial charge is 0.748 e. The molecule has 0 N–H and O–H groups in total. The van der Waals surface area contributed by atoms with Gasteiger partial charge in [0.1, 0.15) is 5.82 Å². The lowest BCUT2D eigenvalue weighted by Gasteiger charge is -2.39. The Hall–Kier alpha value is -3.04. The first-order chi connectivity index (χ1) is 17.9. The van der Waals surface area contributed by atoms with Crippen molar-refractivity contribution in [3.8, 4) is 0 Å². The molecule has 0 spiro atoms. The van der Waals surface area contributed by atoms with Crippen molar-refractivity contribution in [2.45, 2.75) is 32.5 Å². The maximum atomic E-state index is 11.0. The van der Waals surface area contributed by atoms with Gasteiger partial charge < -0.3 is 9.12 Å². The first kappa shape index (κ1) is 25.6. The van der Waals surface area contributed by atoms with Gasteiger partial charge in [-0.25, -0.2) is 13.4 Å². The number of nitrogens with zero attached hydrogens (tertiary/aromatic N) is 4. The van der Waals surface area contributed by atoms with Crippen LogP contribution < -0.4 is 0 Å². The van der Waals surface area contributed by atoms with Crippen molar-refractivity contribution in [1.82, 2.24) is 19.4 Å². The van der Waals surface area contributed by atoms with Crippen LogP contribution in [0.5, 0.6) is 0 Å². The Morgan fingerprint density at radius 3 is 2.11 bits per heavy atom. The Balaban J connectivity index is 1.24. The fraction of sp³-hybridized carbons (Fsp3) is 0.345. The van der Waals surface area contributed by atoms with E-state index in [2.05, 4.69) is 88.7 Å². The molecule has 1 aliphatic rings. The van der Waals surface area contributed by atoms with Crippen LogP contribution in [-0.2, 0) is 23.2 Å². The zero-order valence-corrected chi connectivity index (χ0v) is 22.0. The highest BCUT2D eigenvalue weighted by Gasteiger charge is 2.26. The second-order valence-electron chi connectivity index (χ2n) is 9.79. The zero-order valence-electron chi connectivity index (χ0n) is 21.2. The standard InChI is InChI=1S/C29H34N4O3S/c1-23-30-27-21-24(13-14-28(27)33(23)15-8-20-37(34,35)36)22-31-16-18-32(19-17-31)29(25-9-4-2-5-10-25)26-11-6-3-7-12-26/h2-7,9-14,21,29H,8,15-20,22H2,1H3,(H,34,35,36)/p-1. The Morgan fingerprint density at radius 2 is 1.51 bits per heavy atom. The molecule has 7 nitrogen and oxygen atoms in total. The van der Waals surface area contributed by atoms with Crippen molar-refractivity contribution in [3.63, 3.8) is 0 Å². The summed E-state index contributed by atoms with van der Waals surface area (Å²) < 4.78 is 34.9. The van der Waals surface area contributed by atoms with Crippen molar-refractivity contribution in [2.75, 3.05) is 31.9 Å². The normalized spacial score (nSPS) is 15.5. The predicted octanol–water partition coefficient (Wildman–Crippen LogP) is 4.19. The topological polar surface area (TPSA) is 81.5 Å². The van der Waals surface area contributed by atoms with Crippen LogP contribution in [0.4, 0.5) is 0 Å². The van der Waals surface area contributed by atoms with E-state index < -0.39 is 10.1 Å². The third kappa shape index (κ3) is 6.27. The average molecular weight is 518 g/mol. The Bertz CT molecular complexity index is 1390. The maximum absolute atomic E-state index is 11.0. The van der Waals surface area contributed by atoms with E-state index in [-0.39, 0.29) is 18.2 Å². The van der Waals surface area contributed by atoms with Crippen LogP contribution >= 0.6 is 0 Å². The van der Waals surface area contributed by atoms with Gasteiger partial charge in [0.2, 0.25) is 0 Å². The first-order valence-corrected chi connectivity index (χ1v) is 14.4. The van der Waals surface area contributed by atoms with Gasteiger partial charge in [0.15, 0.2) is 0 Å². The van der Waals surface area contributed by atoms with Gasteiger partial charge in [-0.2, -0.15) is 0 Å². The lowest BCUT2D eigenvalue weighted by Crippen LogP contribution is -2.47. The molecule has 0 aliphatic carbocycles. The number of fused-ring (bicyclic) bond motifs is 1. The highest BCUT2D eigenvalue weighted by Crippen LogP contribution is 2.30. The van der Waals surface area contributed by atoms with Gasteiger partial charge in [-0.15, -0.1) is 0 Å². The number of aromatic nitrogens is 2. The molecular formula is C29H33N4O3S-. The number of benzene rings is 3. The van der Waals surface area contributed by atoms with E-state index in [0.29, 0.717) is 6.54 Å². The highest BCUT2D eigenvalue weighted by atomic mass is 32.2. The van der Waals surface area contributed by atoms with Gasteiger partial charge in [0.25, 0.3) is 0 Å². The summed E-state index contributed by atoms with van der Waals surface area (Å²) in [6.45, 7) is 7.22. The maximum Gasteiger partial charge on any atom is 0.106 e. The van der Waals surface area contributed by atoms with Gasteiger partial charge in [-0.3, -0.25) is 9.80 Å². The van der Waals surface area contributed by atoms with E-state index in [4.69, 9.17) is 4.98 Å². The molecule has 3 aromatic carbocycles. The van der Waals surface area contributed by atoms with Crippen molar-refractivity contribution < 1.29 is 13.0 Å². The fourth-order valence-electron chi connectivity index (χ4n) is 5.40. The molecule has 1 aliphatic heterocycles. The molecule has 1 fully saturated rings. The smallest absolute Gasteiger partial charge is 0.106 e. The lowest BCUT2D eigenvalue weighted by molar-refractivity contribution is 0.105. The van der Waals surface area contributed by atoms with Gasteiger partial charge in [-0.1, -0.05) is 66.7 Å². The number of piperazine rings is 1. The molecule has 8 heteroatoms. The second-order valence-corrected chi connectivity index (χ2v) is 11.3. The SMILES string of the molecule is Cc1nc2cc(CN3CCN(C(c4ccccc4)c4ccccc4)CC3)ccc2n1CCCS(=O)(=O)[O-]. The van der Waals surface area contributed by atoms with Gasteiger partial charge in [0, 0.05) is 45.0 Å². The molecule has 0 unspecified atom stereocenters. The number of rotatable bonds is 9. The van der Waals surface area contributed by atoms with Crippen LogP contribution in [0.1, 0.15) is 35.0 Å². The summed E-state index contributed by atoms with van der Waals surface area (Å²) in [4.78, 5) is 9.77. The van der Waals surface area contributed by atoms with Crippen molar-refractivity contribution >= 4 is 21.2 Å².